The Morgan fingerprint density at radius 1 is 1.35 bits per heavy atom. The smallest absolute Gasteiger partial charge is 0.228 e. The number of hydrogen-bond donors (Lipinski definition) is 0. The van der Waals surface area contributed by atoms with Gasteiger partial charge in [0.05, 0.1) is 11.4 Å². The van der Waals surface area contributed by atoms with Gasteiger partial charge in [-0.2, -0.15) is 5.10 Å². The Morgan fingerprint density at radius 3 is 2.78 bits per heavy atom. The molecular formula is C16H18N6O. The number of aryl methyl sites for hydroxylation is 2. The van der Waals surface area contributed by atoms with E-state index in [1.807, 2.05) is 44.2 Å². The molecule has 0 spiro atoms. The fourth-order valence-electron chi connectivity index (χ4n) is 2.83. The summed E-state index contributed by atoms with van der Waals surface area (Å²) in [4.78, 5) is 16.9. The molecule has 1 aromatic heterocycles. The van der Waals surface area contributed by atoms with Crippen LogP contribution in [0.25, 0.3) is 16.1 Å². The molecule has 7 nitrogen and oxygen atoms in total. The molecule has 2 heterocycles. The van der Waals surface area contributed by atoms with Gasteiger partial charge < -0.3 is 0 Å². The molecule has 1 unspecified atom stereocenters. The summed E-state index contributed by atoms with van der Waals surface area (Å²) in [6.07, 6.45) is 0.400. The van der Waals surface area contributed by atoms with Crippen molar-refractivity contribution in [1.82, 2.24) is 9.78 Å². The Kier molecular flexibility index (Phi) is 4.04. The zero-order chi connectivity index (χ0) is 16.4. The number of carbonyl (C=O) groups is 1. The second kappa shape index (κ2) is 6.14. The lowest BCUT2D eigenvalue weighted by Gasteiger charge is -2.18. The van der Waals surface area contributed by atoms with Crippen LogP contribution in [-0.2, 0) is 4.79 Å². The Balaban J connectivity index is 1.93. The van der Waals surface area contributed by atoms with E-state index in [-0.39, 0.29) is 11.8 Å². The van der Waals surface area contributed by atoms with Crippen molar-refractivity contribution >= 4 is 11.7 Å². The lowest BCUT2D eigenvalue weighted by molar-refractivity contribution is -0.117. The van der Waals surface area contributed by atoms with Crippen molar-refractivity contribution in [3.05, 3.63) is 52.0 Å². The number of carbonyl (C=O) groups excluding carboxylic acids is 1. The average Bonchev–Trinajstić information content (AvgIpc) is 3.08. The largest absolute Gasteiger partial charge is 0.296 e. The topological polar surface area (TPSA) is 86.9 Å². The zero-order valence-electron chi connectivity index (χ0n) is 13.2. The maximum absolute atomic E-state index is 12.3. The van der Waals surface area contributed by atoms with Crippen molar-refractivity contribution in [2.24, 2.45) is 11.0 Å². The van der Waals surface area contributed by atoms with Gasteiger partial charge in [0, 0.05) is 30.5 Å². The van der Waals surface area contributed by atoms with Crippen molar-refractivity contribution in [3.63, 3.8) is 0 Å². The molecular weight excluding hydrogens is 292 g/mol. The van der Waals surface area contributed by atoms with Gasteiger partial charge in [-0.15, -0.1) is 0 Å². The summed E-state index contributed by atoms with van der Waals surface area (Å²) in [6, 6.07) is 9.93. The number of amides is 1. The first-order valence-corrected chi connectivity index (χ1v) is 7.53. The van der Waals surface area contributed by atoms with Crippen molar-refractivity contribution in [3.8, 4) is 5.69 Å². The summed E-state index contributed by atoms with van der Waals surface area (Å²) in [5.41, 5.74) is 11.4. The highest BCUT2D eigenvalue weighted by atomic mass is 16.2. The monoisotopic (exact) mass is 310 g/mol. The quantitative estimate of drug-likeness (QED) is 0.493. The van der Waals surface area contributed by atoms with Gasteiger partial charge in [0.1, 0.15) is 5.82 Å². The highest BCUT2D eigenvalue weighted by molar-refractivity contribution is 5.95. The first-order valence-electron chi connectivity index (χ1n) is 7.53. The third-order valence-electron chi connectivity index (χ3n) is 3.98. The van der Waals surface area contributed by atoms with Gasteiger partial charge in [0.15, 0.2) is 0 Å². The Morgan fingerprint density at radius 2 is 2.09 bits per heavy atom. The first-order chi connectivity index (χ1) is 11.1. The normalized spacial score (nSPS) is 17.4. The molecule has 23 heavy (non-hydrogen) atoms. The van der Waals surface area contributed by atoms with E-state index in [0.29, 0.717) is 19.5 Å². The van der Waals surface area contributed by atoms with Crippen LogP contribution >= 0.6 is 0 Å². The molecule has 1 aliphatic heterocycles. The van der Waals surface area contributed by atoms with E-state index in [2.05, 4.69) is 15.1 Å². The minimum atomic E-state index is 0.0383. The van der Waals surface area contributed by atoms with Crippen LogP contribution in [0.3, 0.4) is 0 Å². The fraction of sp³-hybridized carbons (Fsp3) is 0.375. The third-order valence-corrected chi connectivity index (χ3v) is 3.98. The Labute approximate surface area is 134 Å². The number of rotatable bonds is 4. The predicted molar refractivity (Wildman–Crippen MR) is 87.5 cm³/mol. The molecule has 0 N–H and O–H groups in total. The van der Waals surface area contributed by atoms with E-state index in [4.69, 9.17) is 5.53 Å². The minimum Gasteiger partial charge on any atom is -0.296 e. The van der Waals surface area contributed by atoms with Crippen LogP contribution in [0.4, 0.5) is 5.82 Å². The molecule has 118 valence electrons. The molecule has 1 fully saturated rings. The molecule has 1 aromatic carbocycles. The second-order valence-corrected chi connectivity index (χ2v) is 5.88. The van der Waals surface area contributed by atoms with Crippen LogP contribution in [0.1, 0.15) is 17.7 Å². The first kappa shape index (κ1) is 15.1. The van der Waals surface area contributed by atoms with Crippen LogP contribution in [0.15, 0.2) is 35.4 Å². The van der Waals surface area contributed by atoms with Gasteiger partial charge in [0.2, 0.25) is 5.91 Å². The van der Waals surface area contributed by atoms with Crippen LogP contribution in [0.5, 0.6) is 0 Å². The van der Waals surface area contributed by atoms with E-state index >= 15 is 0 Å². The Hall–Kier alpha value is -2.79. The summed E-state index contributed by atoms with van der Waals surface area (Å²) in [7, 11) is 0. The SMILES string of the molecule is Cc1ccc(-n2nc(C)cc2N2CC(CN=[N+]=[N-])CC2=O)cc1. The average molecular weight is 310 g/mol. The molecule has 1 saturated heterocycles. The molecule has 0 radical (unpaired) electrons. The lowest BCUT2D eigenvalue weighted by Crippen LogP contribution is -2.27. The molecule has 3 rings (SSSR count). The van der Waals surface area contributed by atoms with Crippen LogP contribution in [-0.4, -0.2) is 28.8 Å². The van der Waals surface area contributed by atoms with Gasteiger partial charge in [-0.05, 0) is 37.4 Å². The van der Waals surface area contributed by atoms with E-state index in [9.17, 15) is 4.79 Å². The van der Waals surface area contributed by atoms with Crippen LogP contribution in [0.2, 0.25) is 0 Å². The molecule has 0 bridgehead atoms. The molecule has 1 aliphatic rings. The number of anilines is 1. The summed E-state index contributed by atoms with van der Waals surface area (Å²) in [5, 5.41) is 8.11. The Bertz CT molecular complexity index is 772. The van der Waals surface area contributed by atoms with Crippen LogP contribution in [0, 0.1) is 19.8 Å². The molecule has 7 heteroatoms. The van der Waals surface area contributed by atoms with E-state index in [1.165, 1.54) is 5.56 Å². The van der Waals surface area contributed by atoms with Crippen LogP contribution < -0.4 is 4.90 Å². The summed E-state index contributed by atoms with van der Waals surface area (Å²) >= 11 is 0. The van der Waals surface area contributed by atoms with Gasteiger partial charge >= 0.3 is 0 Å². The van der Waals surface area contributed by atoms with Crippen molar-refractivity contribution in [1.29, 1.82) is 0 Å². The predicted octanol–water partition coefficient (Wildman–Crippen LogP) is 3.15. The minimum absolute atomic E-state index is 0.0383. The summed E-state index contributed by atoms with van der Waals surface area (Å²) < 4.78 is 1.79. The maximum Gasteiger partial charge on any atom is 0.228 e. The second-order valence-electron chi connectivity index (χ2n) is 5.88. The summed E-state index contributed by atoms with van der Waals surface area (Å²) in [5.74, 6) is 0.858. The van der Waals surface area contributed by atoms with Gasteiger partial charge in [-0.1, -0.05) is 22.8 Å². The third kappa shape index (κ3) is 3.05. The highest BCUT2D eigenvalue weighted by Gasteiger charge is 2.32. The lowest BCUT2D eigenvalue weighted by atomic mass is 10.1. The highest BCUT2D eigenvalue weighted by Crippen LogP contribution is 2.28. The zero-order valence-corrected chi connectivity index (χ0v) is 13.2. The fourth-order valence-corrected chi connectivity index (χ4v) is 2.83. The molecule has 0 saturated carbocycles. The molecule has 2 aromatic rings. The number of azide groups is 1. The summed E-state index contributed by atoms with van der Waals surface area (Å²) in [6.45, 7) is 4.83. The molecule has 1 amide bonds. The van der Waals surface area contributed by atoms with E-state index in [1.54, 1.807) is 9.58 Å². The van der Waals surface area contributed by atoms with Crippen molar-refractivity contribution in [2.45, 2.75) is 20.3 Å². The van der Waals surface area contributed by atoms with Gasteiger partial charge in [-0.25, -0.2) is 4.68 Å². The number of hydrogen-bond acceptors (Lipinski definition) is 3. The van der Waals surface area contributed by atoms with Gasteiger partial charge in [0.25, 0.3) is 0 Å². The standard InChI is InChI=1S/C16H18N6O/c1-11-3-5-14(6-4-11)22-15(7-12(2)19-22)21-10-13(8-16(21)23)9-18-20-17/h3-7,13H,8-10H2,1-2H3. The van der Waals surface area contributed by atoms with Gasteiger partial charge in [-0.3, -0.25) is 9.69 Å². The molecule has 1 atom stereocenters. The maximum atomic E-state index is 12.3. The van der Waals surface area contributed by atoms with E-state index in [0.717, 1.165) is 17.2 Å². The number of benzene rings is 1. The number of nitrogens with zero attached hydrogens (tertiary/aromatic N) is 6. The van der Waals surface area contributed by atoms with Crippen molar-refractivity contribution in [2.75, 3.05) is 18.0 Å². The van der Waals surface area contributed by atoms with Crippen molar-refractivity contribution < 1.29 is 4.79 Å². The number of aromatic nitrogens is 2. The van der Waals surface area contributed by atoms with E-state index < -0.39 is 0 Å². The molecule has 0 aliphatic carbocycles.